The third kappa shape index (κ3) is 5.02. The first-order valence-electron chi connectivity index (χ1n) is 11.8. The maximum absolute atomic E-state index is 12.9. The van der Waals surface area contributed by atoms with Gasteiger partial charge in [-0.05, 0) is 62.6 Å². The first-order valence-corrected chi connectivity index (χ1v) is 11.8. The average molecular weight is 473 g/mol. The molecule has 3 aromatic carbocycles. The highest BCUT2D eigenvalue weighted by molar-refractivity contribution is 6.07. The van der Waals surface area contributed by atoms with E-state index in [9.17, 15) is 9.59 Å². The second-order valence-corrected chi connectivity index (χ2v) is 9.72. The van der Waals surface area contributed by atoms with Crippen molar-refractivity contribution in [1.29, 1.82) is 0 Å². The maximum Gasteiger partial charge on any atom is 0.407 e. The van der Waals surface area contributed by atoms with Gasteiger partial charge in [-0.3, -0.25) is 0 Å². The number of ether oxygens (including phenoxy) is 2. The van der Waals surface area contributed by atoms with E-state index in [-0.39, 0.29) is 13.2 Å². The van der Waals surface area contributed by atoms with E-state index in [1.165, 1.54) is 16.3 Å². The van der Waals surface area contributed by atoms with E-state index >= 15 is 0 Å². The summed E-state index contributed by atoms with van der Waals surface area (Å²) in [6.07, 6.45) is -0.538. The Bertz CT molecular complexity index is 1430. The number of hydrogen-bond acceptors (Lipinski definition) is 4. The molecule has 0 spiro atoms. The van der Waals surface area contributed by atoms with Gasteiger partial charge in [-0.25, -0.2) is 9.59 Å². The molecule has 0 unspecified atom stereocenters. The monoisotopic (exact) mass is 472 g/mol. The van der Waals surface area contributed by atoms with Crippen LogP contribution in [0.4, 0.5) is 4.79 Å². The lowest BCUT2D eigenvalue weighted by atomic mass is 9.96. The van der Waals surface area contributed by atoms with Crippen LogP contribution in [0, 0.1) is 6.92 Å². The molecule has 0 fully saturated rings. The topological polar surface area (TPSA) is 69.6 Å². The van der Waals surface area contributed by atoms with Crippen LogP contribution in [0.5, 0.6) is 0 Å². The van der Waals surface area contributed by atoms with Crippen LogP contribution in [-0.4, -0.2) is 28.8 Å². The highest BCUT2D eigenvalue weighted by Gasteiger charge is 2.24. The van der Waals surface area contributed by atoms with Gasteiger partial charge in [0.2, 0.25) is 0 Å². The Hall–Kier alpha value is -3.80. The highest BCUT2D eigenvalue weighted by Crippen LogP contribution is 2.34. The molecular formula is C29H32N2O4. The zero-order chi connectivity index (χ0) is 25.3. The van der Waals surface area contributed by atoms with E-state index in [0.29, 0.717) is 11.3 Å². The summed E-state index contributed by atoms with van der Waals surface area (Å²) < 4.78 is 12.7. The number of aryl methyl sites for hydroxylation is 2. The molecule has 1 amide bonds. The number of nitrogens with zero attached hydrogens (tertiary/aromatic N) is 1. The van der Waals surface area contributed by atoms with Crippen molar-refractivity contribution < 1.29 is 19.1 Å². The molecule has 35 heavy (non-hydrogen) atoms. The van der Waals surface area contributed by atoms with Crippen LogP contribution in [0.2, 0.25) is 0 Å². The fraction of sp³-hybridized carbons (Fsp3) is 0.310. The number of carbonyl (C=O) groups excluding carboxylic acids is 2. The molecule has 1 heterocycles. The van der Waals surface area contributed by atoms with Crippen molar-refractivity contribution in [3.05, 3.63) is 71.4 Å². The molecule has 182 valence electrons. The number of aromatic nitrogens is 1. The fourth-order valence-electron chi connectivity index (χ4n) is 4.42. The number of alkyl carbamates (subject to hydrolysis) is 1. The van der Waals surface area contributed by atoms with Crippen molar-refractivity contribution in [2.75, 3.05) is 6.61 Å². The number of esters is 1. The van der Waals surface area contributed by atoms with Gasteiger partial charge < -0.3 is 19.4 Å². The molecule has 0 aliphatic rings. The van der Waals surface area contributed by atoms with Gasteiger partial charge in [-0.2, -0.15) is 0 Å². The van der Waals surface area contributed by atoms with Crippen LogP contribution in [-0.2, 0) is 23.1 Å². The van der Waals surface area contributed by atoms with Crippen molar-refractivity contribution in [1.82, 2.24) is 9.88 Å². The minimum atomic E-state index is -0.612. The third-order valence-electron chi connectivity index (χ3n) is 5.95. The lowest BCUT2D eigenvalue weighted by Crippen LogP contribution is -2.33. The number of amides is 1. The lowest BCUT2D eigenvalue weighted by Gasteiger charge is -2.20. The van der Waals surface area contributed by atoms with Crippen LogP contribution >= 0.6 is 0 Å². The zero-order valence-corrected chi connectivity index (χ0v) is 21.2. The molecule has 4 aromatic rings. The third-order valence-corrected chi connectivity index (χ3v) is 5.95. The number of hydrogen-bond donors (Lipinski definition) is 1. The van der Waals surface area contributed by atoms with Gasteiger partial charge in [-0.1, -0.05) is 54.1 Å². The second-order valence-electron chi connectivity index (χ2n) is 9.72. The number of fused-ring (bicyclic) bond motifs is 2. The first-order chi connectivity index (χ1) is 16.6. The number of nitrogens with one attached hydrogen (secondary N) is 1. The average Bonchev–Trinajstić information content (AvgIpc) is 3.07. The molecule has 0 saturated carbocycles. The largest absolute Gasteiger partial charge is 0.462 e. The van der Waals surface area contributed by atoms with Crippen molar-refractivity contribution in [2.45, 2.75) is 46.8 Å². The summed E-state index contributed by atoms with van der Waals surface area (Å²) in [5.41, 5.74) is 4.78. The Morgan fingerprint density at radius 2 is 1.74 bits per heavy atom. The van der Waals surface area contributed by atoms with Crippen LogP contribution in [0.3, 0.4) is 0 Å². The molecule has 0 atom stereocenters. The Labute approximate surface area is 205 Å². The minimum Gasteiger partial charge on any atom is -0.462 e. The molecular weight excluding hydrogens is 440 g/mol. The summed E-state index contributed by atoms with van der Waals surface area (Å²) in [4.78, 5) is 25.2. The zero-order valence-electron chi connectivity index (χ0n) is 21.2. The van der Waals surface area contributed by atoms with Crippen LogP contribution < -0.4 is 5.32 Å². The Balaban J connectivity index is 1.81. The van der Waals surface area contributed by atoms with E-state index in [1.54, 1.807) is 6.92 Å². The van der Waals surface area contributed by atoms with E-state index in [1.807, 2.05) is 44.5 Å². The standard InChI is InChI=1S/C29H32N2O4/c1-7-34-27(32)26-23-14-12-20(21-10-8-9-19-15-18(2)11-13-22(19)21)16-24(23)31(6)25(26)17-30-28(33)35-29(3,4)5/h8-16H,7,17H2,1-6H3,(H,30,33). The number of rotatable bonds is 5. The van der Waals surface area contributed by atoms with Gasteiger partial charge in [0.1, 0.15) is 5.60 Å². The van der Waals surface area contributed by atoms with Crippen molar-refractivity contribution in [2.24, 2.45) is 7.05 Å². The molecule has 6 heteroatoms. The number of carbonyl (C=O) groups is 2. The Morgan fingerprint density at radius 3 is 2.46 bits per heavy atom. The fourth-order valence-corrected chi connectivity index (χ4v) is 4.42. The smallest absolute Gasteiger partial charge is 0.407 e. The summed E-state index contributed by atoms with van der Waals surface area (Å²) in [5.74, 6) is -0.410. The van der Waals surface area contributed by atoms with Gasteiger partial charge >= 0.3 is 12.1 Å². The van der Waals surface area contributed by atoms with Crippen LogP contribution in [0.25, 0.3) is 32.8 Å². The number of benzene rings is 3. The van der Waals surface area contributed by atoms with E-state index in [2.05, 4.69) is 54.7 Å². The summed E-state index contributed by atoms with van der Waals surface area (Å²) in [6, 6.07) is 18.8. The van der Waals surface area contributed by atoms with Crippen molar-refractivity contribution in [3.63, 3.8) is 0 Å². The quantitative estimate of drug-likeness (QED) is 0.336. The molecule has 0 aliphatic carbocycles. The molecule has 0 saturated heterocycles. The van der Waals surface area contributed by atoms with E-state index < -0.39 is 17.7 Å². The van der Waals surface area contributed by atoms with Gasteiger partial charge in [-0.15, -0.1) is 0 Å². The van der Waals surface area contributed by atoms with Crippen LogP contribution in [0.1, 0.15) is 49.3 Å². The van der Waals surface area contributed by atoms with Gasteiger partial charge in [0.15, 0.2) is 0 Å². The predicted molar refractivity (Wildman–Crippen MR) is 140 cm³/mol. The SMILES string of the molecule is CCOC(=O)c1c(CNC(=O)OC(C)(C)C)n(C)c2cc(-c3cccc4cc(C)ccc34)ccc12. The summed E-state index contributed by atoms with van der Waals surface area (Å²) >= 11 is 0. The van der Waals surface area contributed by atoms with E-state index in [4.69, 9.17) is 9.47 Å². The first kappa shape index (κ1) is 24.3. The Kier molecular flexibility index (Phi) is 6.57. The summed E-state index contributed by atoms with van der Waals surface area (Å²) in [6.45, 7) is 9.70. The highest BCUT2D eigenvalue weighted by atomic mass is 16.6. The molecule has 1 N–H and O–H groups in total. The molecule has 4 rings (SSSR count). The molecule has 0 radical (unpaired) electrons. The molecule has 0 bridgehead atoms. The molecule has 0 aliphatic heterocycles. The predicted octanol–water partition coefficient (Wildman–Crippen LogP) is 6.51. The van der Waals surface area contributed by atoms with E-state index in [0.717, 1.165) is 22.0 Å². The second kappa shape index (κ2) is 9.45. The molecule has 6 nitrogen and oxygen atoms in total. The van der Waals surface area contributed by atoms with Gasteiger partial charge in [0.25, 0.3) is 0 Å². The minimum absolute atomic E-state index is 0.136. The Morgan fingerprint density at radius 1 is 1.00 bits per heavy atom. The van der Waals surface area contributed by atoms with Crippen molar-refractivity contribution in [3.8, 4) is 11.1 Å². The maximum atomic E-state index is 12.9. The summed E-state index contributed by atoms with van der Waals surface area (Å²) in [5, 5.41) is 5.92. The van der Waals surface area contributed by atoms with Gasteiger partial charge in [0, 0.05) is 18.0 Å². The molecule has 1 aromatic heterocycles. The van der Waals surface area contributed by atoms with Crippen LogP contribution in [0.15, 0.2) is 54.6 Å². The van der Waals surface area contributed by atoms with Crippen molar-refractivity contribution >= 4 is 33.7 Å². The summed E-state index contributed by atoms with van der Waals surface area (Å²) in [7, 11) is 1.90. The normalized spacial score (nSPS) is 11.6. The van der Waals surface area contributed by atoms with Gasteiger partial charge in [0.05, 0.1) is 24.4 Å². The lowest BCUT2D eigenvalue weighted by molar-refractivity contribution is 0.0502.